The van der Waals surface area contributed by atoms with E-state index in [1.807, 2.05) is 5.43 Å². The molecule has 0 aromatic carbocycles. The summed E-state index contributed by atoms with van der Waals surface area (Å²) in [4.78, 5) is 14.0. The Balaban J connectivity index is 2.59. The highest BCUT2D eigenvalue weighted by molar-refractivity contribution is 5.79. The normalized spacial score (nSPS) is 10.2. The van der Waals surface area contributed by atoms with E-state index in [-0.39, 0.29) is 5.75 Å². The molecule has 0 radical (unpaired) electrons. The van der Waals surface area contributed by atoms with E-state index in [0.29, 0.717) is 5.69 Å². The van der Waals surface area contributed by atoms with Crippen LogP contribution >= 0.6 is 0 Å². The quantitative estimate of drug-likeness (QED) is 0.433. The monoisotopic (exact) mass is 180 g/mol. The number of urea groups is 1. The molecule has 2 amide bonds. The van der Waals surface area contributed by atoms with E-state index in [9.17, 15) is 4.79 Å². The van der Waals surface area contributed by atoms with E-state index in [1.165, 1.54) is 18.5 Å². The lowest BCUT2D eigenvalue weighted by molar-refractivity contribution is 0.249. The zero-order valence-corrected chi connectivity index (χ0v) is 6.64. The Morgan fingerprint density at radius 2 is 2.46 bits per heavy atom. The maximum atomic E-state index is 10.2. The number of nitrogens with zero attached hydrogens (tertiary/aromatic N) is 2. The number of carbonyl (C=O) groups excluding carboxylic acids is 1. The number of nitrogens with two attached hydrogens (primary N) is 1. The maximum Gasteiger partial charge on any atom is 0.332 e. The number of primary amides is 1. The van der Waals surface area contributed by atoms with E-state index < -0.39 is 6.03 Å². The molecular weight excluding hydrogens is 172 g/mol. The number of pyridine rings is 1. The predicted octanol–water partition coefficient (Wildman–Crippen LogP) is -0.211. The highest BCUT2D eigenvalue weighted by Gasteiger charge is 1.90. The Bertz CT molecular complexity index is 320. The molecular formula is C7H8N4O2. The second-order valence-corrected chi connectivity index (χ2v) is 2.18. The van der Waals surface area contributed by atoms with Gasteiger partial charge in [-0.05, 0) is 12.1 Å². The zero-order chi connectivity index (χ0) is 9.68. The summed E-state index contributed by atoms with van der Waals surface area (Å²) in [5, 5.41) is 12.4. The number of nitrogens with one attached hydrogen (secondary N) is 1. The summed E-state index contributed by atoms with van der Waals surface area (Å²) >= 11 is 0. The third-order valence-corrected chi connectivity index (χ3v) is 1.14. The summed E-state index contributed by atoms with van der Waals surface area (Å²) in [6, 6.07) is 2.26. The highest BCUT2D eigenvalue weighted by Crippen LogP contribution is 2.03. The lowest BCUT2D eigenvalue weighted by Crippen LogP contribution is -2.24. The van der Waals surface area contributed by atoms with Crippen LogP contribution in [0.3, 0.4) is 0 Å². The number of hydrogen-bond donors (Lipinski definition) is 3. The molecule has 13 heavy (non-hydrogen) atoms. The number of amides is 2. The van der Waals surface area contributed by atoms with Gasteiger partial charge < -0.3 is 10.8 Å². The Morgan fingerprint density at radius 1 is 1.69 bits per heavy atom. The van der Waals surface area contributed by atoms with Crippen LogP contribution in [0.15, 0.2) is 23.4 Å². The molecule has 1 heterocycles. The zero-order valence-electron chi connectivity index (χ0n) is 6.64. The van der Waals surface area contributed by atoms with Gasteiger partial charge in [0.2, 0.25) is 0 Å². The Hall–Kier alpha value is -2.11. The minimum Gasteiger partial charge on any atom is -0.506 e. The highest BCUT2D eigenvalue weighted by atomic mass is 16.3. The molecule has 1 aromatic rings. The summed E-state index contributed by atoms with van der Waals surface area (Å²) < 4.78 is 0. The summed E-state index contributed by atoms with van der Waals surface area (Å²) in [6.45, 7) is 0. The molecule has 4 N–H and O–H groups in total. The van der Waals surface area contributed by atoms with E-state index in [0.717, 1.165) is 0 Å². The van der Waals surface area contributed by atoms with Crippen molar-refractivity contribution in [3.8, 4) is 5.75 Å². The van der Waals surface area contributed by atoms with Gasteiger partial charge in [0.15, 0.2) is 0 Å². The Labute approximate surface area is 74.1 Å². The molecule has 6 heteroatoms. The average molecular weight is 180 g/mol. The van der Waals surface area contributed by atoms with Gasteiger partial charge in [-0.2, -0.15) is 5.10 Å². The molecule has 0 bridgehead atoms. The summed E-state index contributed by atoms with van der Waals surface area (Å²) in [5.41, 5.74) is 7.28. The molecule has 1 rings (SSSR count). The molecule has 68 valence electrons. The third kappa shape index (κ3) is 3.19. The van der Waals surface area contributed by atoms with Crippen LogP contribution in [0, 0.1) is 0 Å². The molecule has 1 aromatic heterocycles. The van der Waals surface area contributed by atoms with Crippen molar-refractivity contribution >= 4 is 12.2 Å². The molecule has 0 aliphatic rings. The van der Waals surface area contributed by atoms with Crippen molar-refractivity contribution in [1.29, 1.82) is 0 Å². The van der Waals surface area contributed by atoms with Crippen LogP contribution in [0.2, 0.25) is 0 Å². The van der Waals surface area contributed by atoms with Crippen LogP contribution in [0.4, 0.5) is 4.79 Å². The number of aromatic nitrogens is 1. The molecule has 0 fully saturated rings. The summed E-state index contributed by atoms with van der Waals surface area (Å²) in [7, 11) is 0. The standard InChI is InChI=1S/C7H8N4O2/c8-7(13)11-10-3-5-1-2-6(12)4-9-5/h1-4,12H,(H3,8,11,13)/b10-3+. The molecule has 0 atom stereocenters. The topological polar surface area (TPSA) is 101 Å². The van der Waals surface area contributed by atoms with Gasteiger partial charge in [-0.3, -0.25) is 4.98 Å². The van der Waals surface area contributed by atoms with Crippen molar-refractivity contribution in [2.75, 3.05) is 0 Å². The van der Waals surface area contributed by atoms with Crippen LogP contribution < -0.4 is 11.2 Å². The van der Waals surface area contributed by atoms with Gasteiger partial charge in [0.1, 0.15) is 5.75 Å². The van der Waals surface area contributed by atoms with Crippen LogP contribution in [0.5, 0.6) is 5.75 Å². The lowest BCUT2D eigenvalue weighted by Gasteiger charge is -1.92. The van der Waals surface area contributed by atoms with Crippen molar-refractivity contribution in [2.45, 2.75) is 0 Å². The van der Waals surface area contributed by atoms with Crippen molar-refractivity contribution in [3.63, 3.8) is 0 Å². The van der Waals surface area contributed by atoms with Gasteiger partial charge >= 0.3 is 6.03 Å². The van der Waals surface area contributed by atoms with Crippen LogP contribution in [-0.2, 0) is 0 Å². The van der Waals surface area contributed by atoms with E-state index in [2.05, 4.69) is 10.1 Å². The van der Waals surface area contributed by atoms with Crippen molar-refractivity contribution < 1.29 is 9.90 Å². The van der Waals surface area contributed by atoms with Gasteiger partial charge in [0.05, 0.1) is 18.1 Å². The molecule has 6 nitrogen and oxygen atoms in total. The second-order valence-electron chi connectivity index (χ2n) is 2.18. The van der Waals surface area contributed by atoms with Gasteiger partial charge in [-0.15, -0.1) is 0 Å². The van der Waals surface area contributed by atoms with Gasteiger partial charge in [-0.1, -0.05) is 0 Å². The summed E-state index contributed by atoms with van der Waals surface area (Å²) in [6.07, 6.45) is 2.58. The van der Waals surface area contributed by atoms with E-state index in [1.54, 1.807) is 6.07 Å². The third-order valence-electron chi connectivity index (χ3n) is 1.14. The fourth-order valence-electron chi connectivity index (χ4n) is 0.636. The fraction of sp³-hybridized carbons (Fsp3) is 0. The first-order valence-electron chi connectivity index (χ1n) is 3.42. The largest absolute Gasteiger partial charge is 0.506 e. The van der Waals surface area contributed by atoms with Gasteiger partial charge in [0.25, 0.3) is 0 Å². The molecule has 0 saturated carbocycles. The van der Waals surface area contributed by atoms with E-state index >= 15 is 0 Å². The molecule has 0 aliphatic heterocycles. The van der Waals surface area contributed by atoms with E-state index in [4.69, 9.17) is 10.8 Å². The number of carbonyl (C=O) groups is 1. The first-order chi connectivity index (χ1) is 6.18. The maximum absolute atomic E-state index is 10.2. The Morgan fingerprint density at radius 3 is 3.00 bits per heavy atom. The van der Waals surface area contributed by atoms with Crippen molar-refractivity contribution in [1.82, 2.24) is 10.4 Å². The number of hydrazone groups is 1. The molecule has 0 aliphatic carbocycles. The van der Waals surface area contributed by atoms with Crippen molar-refractivity contribution in [3.05, 3.63) is 24.0 Å². The van der Waals surface area contributed by atoms with Gasteiger partial charge in [0, 0.05) is 0 Å². The van der Waals surface area contributed by atoms with Crippen LogP contribution in [-0.4, -0.2) is 22.3 Å². The van der Waals surface area contributed by atoms with Crippen molar-refractivity contribution in [2.24, 2.45) is 10.8 Å². The fourth-order valence-corrected chi connectivity index (χ4v) is 0.636. The summed E-state index contributed by atoms with van der Waals surface area (Å²) in [5.74, 6) is 0.0695. The second kappa shape index (κ2) is 4.05. The van der Waals surface area contributed by atoms with Crippen LogP contribution in [0.1, 0.15) is 5.69 Å². The average Bonchev–Trinajstić information content (AvgIpc) is 2.08. The first kappa shape index (κ1) is 8.98. The Kier molecular flexibility index (Phi) is 2.80. The smallest absolute Gasteiger partial charge is 0.332 e. The number of aromatic hydroxyl groups is 1. The number of rotatable bonds is 2. The molecule has 0 saturated heterocycles. The SMILES string of the molecule is NC(=O)N/N=C/c1ccc(O)cn1. The van der Waals surface area contributed by atoms with Gasteiger partial charge in [-0.25, -0.2) is 10.2 Å². The minimum absolute atomic E-state index is 0.0695. The predicted molar refractivity (Wildman–Crippen MR) is 46.2 cm³/mol. The molecule has 0 unspecified atom stereocenters. The van der Waals surface area contributed by atoms with Crippen LogP contribution in [0.25, 0.3) is 0 Å². The lowest BCUT2D eigenvalue weighted by atomic mass is 10.4. The number of hydrogen-bond acceptors (Lipinski definition) is 4. The first-order valence-corrected chi connectivity index (χ1v) is 3.42. The molecule has 0 spiro atoms. The minimum atomic E-state index is -0.741.